The molecule has 0 atom stereocenters. The smallest absolute Gasteiger partial charge is 0.316 e. The van der Waals surface area contributed by atoms with Crippen molar-refractivity contribution in [3.63, 3.8) is 0 Å². The fourth-order valence-electron chi connectivity index (χ4n) is 2.07. The van der Waals surface area contributed by atoms with Gasteiger partial charge in [-0.15, -0.1) is 0 Å². The molecule has 1 aliphatic rings. The Hall–Kier alpha value is -2.08. The molecule has 0 bridgehead atoms. The summed E-state index contributed by atoms with van der Waals surface area (Å²) in [6, 6.07) is 5.53. The van der Waals surface area contributed by atoms with Crippen molar-refractivity contribution in [1.82, 2.24) is 4.98 Å². The standard InChI is InChI=1S/C13H14N2O4/c1-8-15-10-3-2-9(4-11(10)19-8)14-5-13(12(16)17)6-18-7-13/h2-4,14H,5-7H2,1H3,(H,16,17). The summed E-state index contributed by atoms with van der Waals surface area (Å²) in [7, 11) is 0. The summed E-state index contributed by atoms with van der Waals surface area (Å²) < 4.78 is 10.4. The number of fused-ring (bicyclic) bond motifs is 1. The predicted molar refractivity (Wildman–Crippen MR) is 68.1 cm³/mol. The fourth-order valence-corrected chi connectivity index (χ4v) is 2.07. The van der Waals surface area contributed by atoms with Crippen LogP contribution in [0.4, 0.5) is 5.69 Å². The zero-order valence-electron chi connectivity index (χ0n) is 10.5. The van der Waals surface area contributed by atoms with Crippen LogP contribution >= 0.6 is 0 Å². The van der Waals surface area contributed by atoms with Gasteiger partial charge in [-0.2, -0.15) is 0 Å². The molecular weight excluding hydrogens is 248 g/mol. The number of aryl methyl sites for hydroxylation is 1. The zero-order valence-corrected chi connectivity index (χ0v) is 10.5. The number of nitrogens with zero attached hydrogens (tertiary/aromatic N) is 1. The topological polar surface area (TPSA) is 84.6 Å². The zero-order chi connectivity index (χ0) is 13.5. The van der Waals surface area contributed by atoms with E-state index >= 15 is 0 Å². The minimum absolute atomic E-state index is 0.249. The van der Waals surface area contributed by atoms with E-state index in [1.165, 1.54) is 0 Å². The molecule has 6 nitrogen and oxygen atoms in total. The first-order chi connectivity index (χ1) is 9.09. The molecule has 1 aliphatic heterocycles. The van der Waals surface area contributed by atoms with E-state index < -0.39 is 11.4 Å². The van der Waals surface area contributed by atoms with E-state index in [0.29, 0.717) is 18.0 Å². The number of aliphatic carboxylic acids is 1. The van der Waals surface area contributed by atoms with Crippen molar-refractivity contribution < 1.29 is 19.1 Å². The number of anilines is 1. The first-order valence-corrected chi connectivity index (χ1v) is 6.01. The van der Waals surface area contributed by atoms with Crippen LogP contribution in [-0.2, 0) is 9.53 Å². The number of hydrogen-bond donors (Lipinski definition) is 2. The van der Waals surface area contributed by atoms with E-state index in [2.05, 4.69) is 10.3 Å². The van der Waals surface area contributed by atoms with Gasteiger partial charge in [-0.1, -0.05) is 0 Å². The van der Waals surface area contributed by atoms with Gasteiger partial charge in [-0.05, 0) is 12.1 Å². The Morgan fingerprint density at radius 1 is 1.53 bits per heavy atom. The van der Waals surface area contributed by atoms with Crippen LogP contribution in [0.3, 0.4) is 0 Å². The van der Waals surface area contributed by atoms with Gasteiger partial charge >= 0.3 is 5.97 Å². The molecule has 0 radical (unpaired) electrons. The first kappa shape index (κ1) is 12.0. The van der Waals surface area contributed by atoms with Crippen molar-refractivity contribution in [2.45, 2.75) is 6.92 Å². The number of nitrogens with one attached hydrogen (secondary N) is 1. The molecule has 1 aromatic carbocycles. The average molecular weight is 262 g/mol. The van der Waals surface area contributed by atoms with Gasteiger partial charge in [0.2, 0.25) is 0 Å². The molecule has 2 aromatic rings. The molecule has 0 aliphatic carbocycles. The number of rotatable bonds is 4. The van der Waals surface area contributed by atoms with Crippen LogP contribution in [0.15, 0.2) is 22.6 Å². The van der Waals surface area contributed by atoms with Crippen molar-refractivity contribution in [2.24, 2.45) is 5.41 Å². The molecule has 6 heteroatoms. The molecule has 1 fully saturated rings. The highest BCUT2D eigenvalue weighted by atomic mass is 16.5. The SMILES string of the molecule is Cc1nc2ccc(NCC3(C(=O)O)COC3)cc2o1. The monoisotopic (exact) mass is 262 g/mol. The summed E-state index contributed by atoms with van der Waals surface area (Å²) >= 11 is 0. The third-order valence-electron chi connectivity index (χ3n) is 3.34. The molecule has 1 aromatic heterocycles. The summed E-state index contributed by atoms with van der Waals surface area (Å²) in [6.45, 7) is 2.62. The number of carboxylic acid groups (broad SMARTS) is 1. The Balaban J connectivity index is 1.76. The molecule has 2 heterocycles. The molecule has 2 N–H and O–H groups in total. The van der Waals surface area contributed by atoms with Gasteiger partial charge in [0.05, 0.1) is 13.2 Å². The van der Waals surface area contributed by atoms with Crippen LogP contribution < -0.4 is 5.32 Å². The van der Waals surface area contributed by atoms with Crippen LogP contribution in [0.1, 0.15) is 5.89 Å². The molecule has 1 saturated heterocycles. The summed E-state index contributed by atoms with van der Waals surface area (Å²) in [5.41, 5.74) is 1.49. The first-order valence-electron chi connectivity index (χ1n) is 6.01. The Morgan fingerprint density at radius 3 is 2.95 bits per heavy atom. The lowest BCUT2D eigenvalue weighted by molar-refractivity contribution is -0.176. The molecule has 0 saturated carbocycles. The quantitative estimate of drug-likeness (QED) is 0.871. The van der Waals surface area contributed by atoms with E-state index in [0.717, 1.165) is 11.2 Å². The predicted octanol–water partition coefficient (Wildman–Crippen LogP) is 1.65. The van der Waals surface area contributed by atoms with Gasteiger partial charge in [0, 0.05) is 25.2 Å². The minimum atomic E-state index is -0.831. The Bertz CT molecular complexity index is 631. The highest BCUT2D eigenvalue weighted by Crippen LogP contribution is 2.29. The number of carbonyl (C=O) groups is 1. The van der Waals surface area contributed by atoms with Gasteiger partial charge in [0.25, 0.3) is 0 Å². The molecule has 100 valence electrons. The third kappa shape index (κ3) is 2.04. The van der Waals surface area contributed by atoms with E-state index in [-0.39, 0.29) is 13.2 Å². The second-order valence-corrected chi connectivity index (χ2v) is 4.85. The molecule has 19 heavy (non-hydrogen) atoms. The summed E-state index contributed by atoms with van der Waals surface area (Å²) in [6.07, 6.45) is 0. The van der Waals surface area contributed by atoms with Crippen molar-refractivity contribution in [3.8, 4) is 0 Å². The molecule has 0 spiro atoms. The van der Waals surface area contributed by atoms with Crippen LogP contribution in [0.5, 0.6) is 0 Å². The highest BCUT2D eigenvalue weighted by molar-refractivity contribution is 5.79. The highest BCUT2D eigenvalue weighted by Gasteiger charge is 2.46. The second-order valence-electron chi connectivity index (χ2n) is 4.85. The third-order valence-corrected chi connectivity index (χ3v) is 3.34. The number of ether oxygens (including phenoxy) is 1. The Morgan fingerprint density at radius 2 is 2.32 bits per heavy atom. The van der Waals surface area contributed by atoms with Gasteiger partial charge in [-0.25, -0.2) is 4.98 Å². The van der Waals surface area contributed by atoms with E-state index in [1.54, 1.807) is 6.92 Å². The molecular formula is C13H14N2O4. The van der Waals surface area contributed by atoms with Crippen LogP contribution in [-0.4, -0.2) is 35.8 Å². The largest absolute Gasteiger partial charge is 0.481 e. The van der Waals surface area contributed by atoms with E-state index in [9.17, 15) is 9.90 Å². The van der Waals surface area contributed by atoms with Crippen LogP contribution in [0, 0.1) is 12.3 Å². The summed E-state index contributed by atoms with van der Waals surface area (Å²) in [5, 5.41) is 12.3. The van der Waals surface area contributed by atoms with E-state index in [1.807, 2.05) is 18.2 Å². The van der Waals surface area contributed by atoms with Crippen molar-refractivity contribution in [2.75, 3.05) is 25.1 Å². The number of hydrogen-bond acceptors (Lipinski definition) is 5. The number of benzene rings is 1. The van der Waals surface area contributed by atoms with Gasteiger partial charge in [0.1, 0.15) is 10.9 Å². The molecule has 0 amide bonds. The maximum Gasteiger partial charge on any atom is 0.316 e. The lowest BCUT2D eigenvalue weighted by Gasteiger charge is -2.37. The van der Waals surface area contributed by atoms with Crippen molar-refractivity contribution in [1.29, 1.82) is 0 Å². The average Bonchev–Trinajstić information content (AvgIpc) is 2.66. The fraction of sp³-hybridized carbons (Fsp3) is 0.385. The number of oxazole rings is 1. The number of carboxylic acids is 1. The van der Waals surface area contributed by atoms with Gasteiger partial charge in [0.15, 0.2) is 11.5 Å². The van der Waals surface area contributed by atoms with Crippen molar-refractivity contribution in [3.05, 3.63) is 24.1 Å². The molecule has 3 rings (SSSR count). The molecule has 0 unspecified atom stereocenters. The lowest BCUT2D eigenvalue weighted by atomic mass is 9.86. The maximum atomic E-state index is 11.2. The van der Waals surface area contributed by atoms with Gasteiger partial charge in [-0.3, -0.25) is 4.79 Å². The Kier molecular flexibility index (Phi) is 2.67. The maximum absolute atomic E-state index is 11.2. The second kappa shape index (κ2) is 4.24. The minimum Gasteiger partial charge on any atom is -0.481 e. The lowest BCUT2D eigenvalue weighted by Crippen LogP contribution is -2.53. The van der Waals surface area contributed by atoms with Gasteiger partial charge < -0.3 is 19.6 Å². The normalized spacial score (nSPS) is 17.1. The Labute approximate surface area is 109 Å². The summed E-state index contributed by atoms with van der Waals surface area (Å²) in [4.78, 5) is 15.4. The summed E-state index contributed by atoms with van der Waals surface area (Å²) in [5.74, 6) is -0.218. The number of aromatic nitrogens is 1. The van der Waals surface area contributed by atoms with Crippen molar-refractivity contribution >= 4 is 22.8 Å². The van der Waals surface area contributed by atoms with Crippen LogP contribution in [0.2, 0.25) is 0 Å². The van der Waals surface area contributed by atoms with Crippen LogP contribution in [0.25, 0.3) is 11.1 Å². The van der Waals surface area contributed by atoms with E-state index in [4.69, 9.17) is 9.15 Å².